The molecule has 80 valence electrons. The molecule has 3 heteroatoms. The van der Waals surface area contributed by atoms with Crippen molar-refractivity contribution in [2.24, 2.45) is 5.41 Å². The van der Waals surface area contributed by atoms with Crippen molar-refractivity contribution >= 4 is 11.7 Å². The van der Waals surface area contributed by atoms with Gasteiger partial charge in [0.2, 0.25) is 5.91 Å². The van der Waals surface area contributed by atoms with Crippen LogP contribution in [0.3, 0.4) is 0 Å². The number of ketones is 1. The molecule has 1 aliphatic rings. The average molecular weight is 197 g/mol. The third-order valence-corrected chi connectivity index (χ3v) is 2.81. The largest absolute Gasteiger partial charge is 0.330 e. The molecule has 0 bridgehead atoms. The lowest BCUT2D eigenvalue weighted by molar-refractivity contribution is -0.145. The Hall–Kier alpha value is -0.860. The standard InChI is InChI=1S/C11H19NO2/c1-10(2,3)9(14)12-7-6-8(13)11(12,4)5/h6-7H2,1-5H3. The molecule has 1 amide bonds. The minimum atomic E-state index is -0.607. The van der Waals surface area contributed by atoms with Gasteiger partial charge in [0.25, 0.3) is 0 Å². The average Bonchev–Trinajstić information content (AvgIpc) is 2.25. The van der Waals surface area contributed by atoms with Crippen molar-refractivity contribution in [3.05, 3.63) is 0 Å². The van der Waals surface area contributed by atoms with Gasteiger partial charge in [-0.1, -0.05) is 20.8 Å². The molecule has 3 nitrogen and oxygen atoms in total. The molecule has 0 spiro atoms. The van der Waals surface area contributed by atoms with E-state index >= 15 is 0 Å². The molecule has 1 rings (SSSR count). The monoisotopic (exact) mass is 197 g/mol. The first-order valence-electron chi connectivity index (χ1n) is 5.03. The number of rotatable bonds is 0. The molecule has 0 unspecified atom stereocenters. The number of nitrogens with zero attached hydrogens (tertiary/aromatic N) is 1. The Morgan fingerprint density at radius 3 is 2.14 bits per heavy atom. The summed E-state index contributed by atoms with van der Waals surface area (Å²) in [4.78, 5) is 25.2. The highest BCUT2D eigenvalue weighted by Gasteiger charge is 2.45. The summed E-state index contributed by atoms with van der Waals surface area (Å²) < 4.78 is 0. The first-order chi connectivity index (χ1) is 6.17. The van der Waals surface area contributed by atoms with E-state index in [1.54, 1.807) is 4.90 Å². The Bertz CT molecular complexity index is 274. The van der Waals surface area contributed by atoms with Gasteiger partial charge in [-0.15, -0.1) is 0 Å². The number of hydrogen-bond donors (Lipinski definition) is 0. The summed E-state index contributed by atoms with van der Waals surface area (Å²) in [5, 5.41) is 0. The maximum atomic E-state index is 12.0. The van der Waals surface area contributed by atoms with Crippen molar-refractivity contribution < 1.29 is 9.59 Å². The number of Topliss-reactive ketones (excluding diaryl/α,β-unsaturated/α-hetero) is 1. The summed E-state index contributed by atoms with van der Waals surface area (Å²) in [5.41, 5.74) is -1.01. The van der Waals surface area contributed by atoms with Crippen LogP contribution in [0, 0.1) is 5.41 Å². The van der Waals surface area contributed by atoms with Gasteiger partial charge in [-0.3, -0.25) is 9.59 Å². The van der Waals surface area contributed by atoms with Crippen LogP contribution in [0.5, 0.6) is 0 Å². The normalized spacial score (nSPS) is 21.5. The maximum Gasteiger partial charge on any atom is 0.228 e. The zero-order valence-corrected chi connectivity index (χ0v) is 9.68. The highest BCUT2D eigenvalue weighted by atomic mass is 16.2. The number of carbonyl (C=O) groups is 2. The molecule has 0 aromatic carbocycles. The van der Waals surface area contributed by atoms with Crippen LogP contribution in [0.1, 0.15) is 41.0 Å². The van der Waals surface area contributed by atoms with E-state index in [1.807, 2.05) is 34.6 Å². The van der Waals surface area contributed by atoms with Gasteiger partial charge in [0.05, 0.1) is 5.54 Å². The van der Waals surface area contributed by atoms with Crippen molar-refractivity contribution in [1.29, 1.82) is 0 Å². The van der Waals surface area contributed by atoms with E-state index < -0.39 is 11.0 Å². The molecule has 0 aromatic heterocycles. The zero-order chi connectivity index (χ0) is 11.1. The number of hydrogen-bond acceptors (Lipinski definition) is 2. The molecule has 0 radical (unpaired) electrons. The number of carbonyl (C=O) groups excluding carboxylic acids is 2. The fourth-order valence-electron chi connectivity index (χ4n) is 1.71. The van der Waals surface area contributed by atoms with Crippen molar-refractivity contribution in [3.63, 3.8) is 0 Å². The Balaban J connectivity index is 2.92. The van der Waals surface area contributed by atoms with Gasteiger partial charge < -0.3 is 4.90 Å². The Morgan fingerprint density at radius 2 is 1.86 bits per heavy atom. The summed E-state index contributed by atoms with van der Waals surface area (Å²) in [6.07, 6.45) is 0.495. The first-order valence-corrected chi connectivity index (χ1v) is 5.03. The second-order valence-electron chi connectivity index (χ2n) is 5.44. The number of amides is 1. The van der Waals surface area contributed by atoms with Crippen LogP contribution >= 0.6 is 0 Å². The summed E-state index contributed by atoms with van der Waals surface area (Å²) in [6.45, 7) is 9.87. The fraction of sp³-hybridized carbons (Fsp3) is 0.818. The second kappa shape index (κ2) is 3.07. The molecule has 1 aliphatic heterocycles. The molecule has 0 aliphatic carbocycles. The summed E-state index contributed by atoms with van der Waals surface area (Å²) in [6, 6.07) is 0. The van der Waals surface area contributed by atoms with E-state index in [0.717, 1.165) is 0 Å². The molecule has 0 aromatic rings. The van der Waals surface area contributed by atoms with E-state index in [0.29, 0.717) is 13.0 Å². The maximum absolute atomic E-state index is 12.0. The Kier molecular flexibility index (Phi) is 2.46. The highest BCUT2D eigenvalue weighted by Crippen LogP contribution is 2.30. The minimum Gasteiger partial charge on any atom is -0.330 e. The third kappa shape index (κ3) is 1.68. The van der Waals surface area contributed by atoms with Crippen molar-refractivity contribution in [3.8, 4) is 0 Å². The smallest absolute Gasteiger partial charge is 0.228 e. The van der Waals surface area contributed by atoms with Crippen LogP contribution in [-0.2, 0) is 9.59 Å². The molecule has 1 heterocycles. The number of likely N-dealkylation sites (tertiary alicyclic amines) is 1. The molecular formula is C11H19NO2. The molecule has 0 saturated carbocycles. The SMILES string of the molecule is CC(C)(C)C(=O)N1CCC(=O)C1(C)C. The van der Waals surface area contributed by atoms with Crippen LogP contribution in [0.2, 0.25) is 0 Å². The van der Waals surface area contributed by atoms with Gasteiger partial charge in [-0.25, -0.2) is 0 Å². The lowest BCUT2D eigenvalue weighted by Crippen LogP contribution is -2.50. The quantitative estimate of drug-likeness (QED) is 0.591. The summed E-state index contributed by atoms with van der Waals surface area (Å²) in [5.74, 6) is 0.225. The van der Waals surface area contributed by atoms with E-state index in [-0.39, 0.29) is 11.7 Å². The van der Waals surface area contributed by atoms with Crippen molar-refractivity contribution in [2.45, 2.75) is 46.6 Å². The van der Waals surface area contributed by atoms with Gasteiger partial charge in [0.15, 0.2) is 5.78 Å². The summed E-state index contributed by atoms with van der Waals surface area (Å²) >= 11 is 0. The summed E-state index contributed by atoms with van der Waals surface area (Å²) in [7, 11) is 0. The molecule has 0 atom stereocenters. The molecule has 1 saturated heterocycles. The van der Waals surface area contributed by atoms with Crippen LogP contribution in [-0.4, -0.2) is 28.7 Å². The molecule has 0 N–H and O–H groups in total. The molecule has 1 fully saturated rings. The topological polar surface area (TPSA) is 37.4 Å². The zero-order valence-electron chi connectivity index (χ0n) is 9.68. The predicted octanol–water partition coefficient (Wildman–Crippen LogP) is 1.61. The Morgan fingerprint density at radius 1 is 1.36 bits per heavy atom. The van der Waals surface area contributed by atoms with E-state index in [2.05, 4.69) is 0 Å². The Labute approximate surface area is 85.5 Å². The predicted molar refractivity (Wildman–Crippen MR) is 54.9 cm³/mol. The van der Waals surface area contributed by atoms with Crippen LogP contribution in [0.25, 0.3) is 0 Å². The second-order valence-corrected chi connectivity index (χ2v) is 5.44. The van der Waals surface area contributed by atoms with Crippen molar-refractivity contribution in [2.75, 3.05) is 6.54 Å². The van der Waals surface area contributed by atoms with Crippen LogP contribution in [0.15, 0.2) is 0 Å². The first kappa shape index (κ1) is 11.2. The molecule has 14 heavy (non-hydrogen) atoms. The lowest BCUT2D eigenvalue weighted by atomic mass is 9.92. The van der Waals surface area contributed by atoms with Crippen LogP contribution in [0.4, 0.5) is 0 Å². The lowest BCUT2D eigenvalue weighted by Gasteiger charge is -2.34. The molecular weight excluding hydrogens is 178 g/mol. The van der Waals surface area contributed by atoms with Gasteiger partial charge in [0, 0.05) is 18.4 Å². The van der Waals surface area contributed by atoms with Crippen LogP contribution < -0.4 is 0 Å². The minimum absolute atomic E-state index is 0.0633. The van der Waals surface area contributed by atoms with Gasteiger partial charge in [-0.2, -0.15) is 0 Å². The fourth-order valence-corrected chi connectivity index (χ4v) is 1.71. The van der Waals surface area contributed by atoms with E-state index in [1.165, 1.54) is 0 Å². The third-order valence-electron chi connectivity index (χ3n) is 2.81. The van der Waals surface area contributed by atoms with Gasteiger partial charge in [0.1, 0.15) is 0 Å². The van der Waals surface area contributed by atoms with Gasteiger partial charge >= 0.3 is 0 Å². The van der Waals surface area contributed by atoms with Gasteiger partial charge in [-0.05, 0) is 13.8 Å². The van der Waals surface area contributed by atoms with E-state index in [4.69, 9.17) is 0 Å². The van der Waals surface area contributed by atoms with E-state index in [9.17, 15) is 9.59 Å². The highest BCUT2D eigenvalue weighted by molar-refractivity contribution is 5.96. The van der Waals surface area contributed by atoms with Crippen molar-refractivity contribution in [1.82, 2.24) is 4.90 Å².